The van der Waals surface area contributed by atoms with E-state index in [0.29, 0.717) is 5.41 Å². The molecular formula is C6H11IO. The first-order valence-electron chi connectivity index (χ1n) is 2.97. The molecule has 1 heterocycles. The molecule has 0 N–H and O–H groups in total. The number of alkyl halides is 1. The van der Waals surface area contributed by atoms with Gasteiger partial charge in [-0.05, 0) is 6.42 Å². The average molecular weight is 226 g/mol. The van der Waals surface area contributed by atoms with Gasteiger partial charge in [-0.2, -0.15) is 0 Å². The second-order valence-electron chi connectivity index (χ2n) is 2.48. The molecule has 0 aromatic rings. The Labute approximate surface area is 63.9 Å². The van der Waals surface area contributed by atoms with Crippen molar-refractivity contribution in [3.8, 4) is 0 Å². The zero-order valence-electron chi connectivity index (χ0n) is 5.11. The second-order valence-corrected chi connectivity index (χ2v) is 3.24. The highest BCUT2D eigenvalue weighted by molar-refractivity contribution is 14.1. The molecule has 48 valence electrons. The van der Waals surface area contributed by atoms with Crippen molar-refractivity contribution in [1.82, 2.24) is 0 Å². The fourth-order valence-electron chi connectivity index (χ4n) is 0.767. The Morgan fingerprint density at radius 3 is 2.25 bits per heavy atom. The highest BCUT2D eigenvalue weighted by Gasteiger charge is 2.35. The fourth-order valence-corrected chi connectivity index (χ4v) is 1.75. The summed E-state index contributed by atoms with van der Waals surface area (Å²) in [4.78, 5) is 0. The summed E-state index contributed by atoms with van der Waals surface area (Å²) in [6, 6.07) is 0. The Morgan fingerprint density at radius 1 is 1.62 bits per heavy atom. The van der Waals surface area contributed by atoms with E-state index >= 15 is 0 Å². The Balaban J connectivity index is 2.33. The van der Waals surface area contributed by atoms with Crippen LogP contribution in [0, 0.1) is 5.41 Å². The molecular weight excluding hydrogens is 215 g/mol. The minimum absolute atomic E-state index is 0.570. The van der Waals surface area contributed by atoms with E-state index < -0.39 is 0 Å². The molecule has 1 nitrogen and oxygen atoms in total. The van der Waals surface area contributed by atoms with Crippen LogP contribution in [0.15, 0.2) is 0 Å². The van der Waals surface area contributed by atoms with Crippen LogP contribution in [0.25, 0.3) is 0 Å². The molecule has 2 heteroatoms. The van der Waals surface area contributed by atoms with Crippen molar-refractivity contribution in [3.05, 3.63) is 0 Å². The van der Waals surface area contributed by atoms with E-state index in [0.717, 1.165) is 13.2 Å². The maximum Gasteiger partial charge on any atom is 0.0552 e. The van der Waals surface area contributed by atoms with Crippen LogP contribution in [-0.2, 0) is 4.74 Å². The monoisotopic (exact) mass is 226 g/mol. The number of rotatable bonds is 2. The molecule has 0 saturated carbocycles. The molecule has 0 aromatic heterocycles. The van der Waals surface area contributed by atoms with E-state index in [9.17, 15) is 0 Å². The standard InChI is InChI=1S/C6H11IO/c1-2-6(3-7)4-8-5-6/h2-5H2,1H3. The first-order valence-corrected chi connectivity index (χ1v) is 4.49. The highest BCUT2D eigenvalue weighted by Crippen LogP contribution is 2.32. The van der Waals surface area contributed by atoms with Gasteiger partial charge in [-0.25, -0.2) is 0 Å². The smallest absolute Gasteiger partial charge is 0.0552 e. The van der Waals surface area contributed by atoms with Crippen LogP contribution in [0.3, 0.4) is 0 Å². The summed E-state index contributed by atoms with van der Waals surface area (Å²) in [7, 11) is 0. The normalized spacial score (nSPS) is 24.8. The molecule has 1 fully saturated rings. The van der Waals surface area contributed by atoms with Gasteiger partial charge in [0, 0.05) is 9.84 Å². The van der Waals surface area contributed by atoms with Gasteiger partial charge in [0.1, 0.15) is 0 Å². The molecule has 1 aliphatic rings. The third-order valence-electron chi connectivity index (χ3n) is 1.85. The molecule has 0 unspecified atom stereocenters. The lowest BCUT2D eigenvalue weighted by molar-refractivity contribution is -0.0976. The second kappa shape index (κ2) is 2.52. The molecule has 1 rings (SSSR count). The van der Waals surface area contributed by atoms with E-state index in [1.165, 1.54) is 10.8 Å². The first-order chi connectivity index (χ1) is 3.83. The summed E-state index contributed by atoms with van der Waals surface area (Å²) in [5.41, 5.74) is 0.570. The summed E-state index contributed by atoms with van der Waals surface area (Å²) in [5, 5.41) is 0. The zero-order valence-corrected chi connectivity index (χ0v) is 7.27. The summed E-state index contributed by atoms with van der Waals surface area (Å²) >= 11 is 2.44. The quantitative estimate of drug-likeness (QED) is 0.515. The van der Waals surface area contributed by atoms with Crippen LogP contribution in [0.2, 0.25) is 0 Å². The maximum absolute atomic E-state index is 5.12. The van der Waals surface area contributed by atoms with Crippen molar-refractivity contribution in [2.75, 3.05) is 17.6 Å². The number of ether oxygens (including phenoxy) is 1. The number of halogens is 1. The van der Waals surface area contributed by atoms with Gasteiger partial charge in [0.2, 0.25) is 0 Å². The van der Waals surface area contributed by atoms with Gasteiger partial charge in [0.25, 0.3) is 0 Å². The Bertz CT molecular complexity index is 65.1. The third-order valence-corrected chi connectivity index (χ3v) is 3.47. The largest absolute Gasteiger partial charge is 0.380 e. The predicted octanol–water partition coefficient (Wildman–Crippen LogP) is 1.85. The number of hydrogen-bond acceptors (Lipinski definition) is 1. The molecule has 0 spiro atoms. The van der Waals surface area contributed by atoms with Gasteiger partial charge in [0.05, 0.1) is 13.2 Å². The lowest BCUT2D eigenvalue weighted by Gasteiger charge is -2.39. The van der Waals surface area contributed by atoms with Gasteiger partial charge < -0.3 is 4.74 Å². The average Bonchev–Trinajstić information content (AvgIpc) is 1.67. The number of hydrogen-bond donors (Lipinski definition) is 0. The molecule has 0 amide bonds. The molecule has 0 radical (unpaired) electrons. The van der Waals surface area contributed by atoms with Crippen molar-refractivity contribution < 1.29 is 4.74 Å². The lowest BCUT2D eigenvalue weighted by atomic mass is 9.86. The Morgan fingerprint density at radius 2 is 2.25 bits per heavy atom. The van der Waals surface area contributed by atoms with Crippen LogP contribution in [-0.4, -0.2) is 17.6 Å². The molecule has 0 aliphatic carbocycles. The minimum atomic E-state index is 0.570. The minimum Gasteiger partial charge on any atom is -0.380 e. The van der Waals surface area contributed by atoms with Crippen LogP contribution in [0.4, 0.5) is 0 Å². The van der Waals surface area contributed by atoms with Crippen molar-refractivity contribution >= 4 is 22.6 Å². The predicted molar refractivity (Wildman–Crippen MR) is 42.4 cm³/mol. The Hall–Kier alpha value is 0.690. The molecule has 0 bridgehead atoms. The van der Waals surface area contributed by atoms with Gasteiger partial charge in [0.15, 0.2) is 0 Å². The third kappa shape index (κ3) is 1.00. The molecule has 1 aliphatic heterocycles. The van der Waals surface area contributed by atoms with Crippen LogP contribution in [0.1, 0.15) is 13.3 Å². The topological polar surface area (TPSA) is 9.23 Å². The summed E-state index contributed by atoms with van der Waals surface area (Å²) in [6.07, 6.45) is 1.27. The molecule has 0 aromatic carbocycles. The molecule has 0 atom stereocenters. The zero-order chi connectivity index (χ0) is 6.04. The molecule has 1 saturated heterocycles. The van der Waals surface area contributed by atoms with Crippen LogP contribution >= 0.6 is 22.6 Å². The summed E-state index contributed by atoms with van der Waals surface area (Å²) < 4.78 is 6.37. The van der Waals surface area contributed by atoms with E-state index in [-0.39, 0.29) is 0 Å². The molecule has 8 heavy (non-hydrogen) atoms. The van der Waals surface area contributed by atoms with Crippen molar-refractivity contribution in [2.45, 2.75) is 13.3 Å². The Kier molecular flexibility index (Phi) is 2.14. The lowest BCUT2D eigenvalue weighted by Crippen LogP contribution is -2.43. The van der Waals surface area contributed by atoms with Crippen LogP contribution < -0.4 is 0 Å². The van der Waals surface area contributed by atoms with E-state index in [1.54, 1.807) is 0 Å². The summed E-state index contributed by atoms with van der Waals surface area (Å²) in [5.74, 6) is 0. The van der Waals surface area contributed by atoms with Crippen molar-refractivity contribution in [1.29, 1.82) is 0 Å². The van der Waals surface area contributed by atoms with Crippen molar-refractivity contribution in [3.63, 3.8) is 0 Å². The summed E-state index contributed by atoms with van der Waals surface area (Å²) in [6.45, 7) is 4.22. The fraction of sp³-hybridized carbons (Fsp3) is 1.00. The van der Waals surface area contributed by atoms with E-state index in [1.807, 2.05) is 0 Å². The maximum atomic E-state index is 5.12. The van der Waals surface area contributed by atoms with Gasteiger partial charge in [-0.3, -0.25) is 0 Å². The van der Waals surface area contributed by atoms with Gasteiger partial charge in [-0.15, -0.1) is 0 Å². The van der Waals surface area contributed by atoms with Gasteiger partial charge in [-0.1, -0.05) is 29.5 Å². The van der Waals surface area contributed by atoms with E-state index in [4.69, 9.17) is 4.74 Å². The highest BCUT2D eigenvalue weighted by atomic mass is 127. The first kappa shape index (κ1) is 6.81. The van der Waals surface area contributed by atoms with Gasteiger partial charge >= 0.3 is 0 Å². The van der Waals surface area contributed by atoms with Crippen LogP contribution in [0.5, 0.6) is 0 Å². The SMILES string of the molecule is CCC1(CI)COC1. The van der Waals surface area contributed by atoms with E-state index in [2.05, 4.69) is 29.5 Å². The van der Waals surface area contributed by atoms with Crippen molar-refractivity contribution in [2.24, 2.45) is 5.41 Å².